The third kappa shape index (κ3) is 2.43. The first-order chi connectivity index (χ1) is 11.3. The average molecular weight is 338 g/mol. The second-order valence-corrected chi connectivity index (χ2v) is 6.85. The number of thiazole rings is 1. The van der Waals surface area contributed by atoms with Gasteiger partial charge in [-0.15, -0.1) is 22.7 Å². The molecule has 4 rings (SSSR count). The normalized spacial score (nSPS) is 11.0. The minimum Gasteiger partial charge on any atom is -0.296 e. The van der Waals surface area contributed by atoms with E-state index in [1.165, 1.54) is 17.7 Å². The van der Waals surface area contributed by atoms with Gasteiger partial charge in [0.15, 0.2) is 6.29 Å². The van der Waals surface area contributed by atoms with Crippen LogP contribution < -0.4 is 0 Å². The van der Waals surface area contributed by atoms with Crippen LogP contribution in [0.1, 0.15) is 16.2 Å². The summed E-state index contributed by atoms with van der Waals surface area (Å²) in [7, 11) is 0. The smallest absolute Gasteiger partial charge is 0.169 e. The highest BCUT2D eigenvalue weighted by Crippen LogP contribution is 2.36. The molecule has 0 saturated heterocycles. The number of carbonyl (C=O) groups excluding carboxylic acids is 1. The first kappa shape index (κ1) is 14.1. The van der Waals surface area contributed by atoms with Crippen molar-refractivity contribution in [2.75, 3.05) is 0 Å². The van der Waals surface area contributed by atoms with Crippen LogP contribution in [0.15, 0.2) is 36.2 Å². The van der Waals surface area contributed by atoms with Gasteiger partial charge < -0.3 is 0 Å². The number of aryl methyl sites for hydroxylation is 1. The molecular weight excluding hydrogens is 328 g/mol. The van der Waals surface area contributed by atoms with Gasteiger partial charge in [-0.2, -0.15) is 0 Å². The molecule has 0 amide bonds. The molecule has 0 radical (unpaired) electrons. The SMILES string of the molecule is Cc1nc(-c2cncnc2)sc1-c1cc2sccc2c(C=O)n1. The number of thiophene rings is 1. The second kappa shape index (κ2) is 5.60. The van der Waals surface area contributed by atoms with E-state index < -0.39 is 0 Å². The van der Waals surface area contributed by atoms with Crippen molar-refractivity contribution < 1.29 is 4.79 Å². The lowest BCUT2D eigenvalue weighted by molar-refractivity contribution is 0.112. The molecule has 0 aromatic carbocycles. The molecule has 0 aliphatic rings. The van der Waals surface area contributed by atoms with Crippen LogP contribution in [0.5, 0.6) is 0 Å². The Labute approximate surface area is 139 Å². The lowest BCUT2D eigenvalue weighted by Crippen LogP contribution is -1.91. The summed E-state index contributed by atoms with van der Waals surface area (Å²) in [5.74, 6) is 0. The zero-order valence-electron chi connectivity index (χ0n) is 12.1. The maximum absolute atomic E-state index is 11.3. The number of aromatic nitrogens is 4. The minimum absolute atomic E-state index is 0.469. The van der Waals surface area contributed by atoms with Crippen LogP contribution >= 0.6 is 22.7 Å². The Kier molecular flexibility index (Phi) is 3.44. The van der Waals surface area contributed by atoms with Crippen LogP contribution in [0.2, 0.25) is 0 Å². The summed E-state index contributed by atoms with van der Waals surface area (Å²) in [6, 6.07) is 3.94. The number of fused-ring (bicyclic) bond motifs is 1. The van der Waals surface area contributed by atoms with Crippen LogP contribution in [0.3, 0.4) is 0 Å². The maximum Gasteiger partial charge on any atom is 0.169 e. The Bertz CT molecular complexity index is 1010. The predicted octanol–water partition coefficient (Wildman–Crippen LogP) is 4.00. The van der Waals surface area contributed by atoms with Crippen molar-refractivity contribution in [1.29, 1.82) is 0 Å². The quantitative estimate of drug-likeness (QED) is 0.528. The lowest BCUT2D eigenvalue weighted by Gasteiger charge is -2.01. The van der Waals surface area contributed by atoms with Crippen LogP contribution in [0.4, 0.5) is 0 Å². The summed E-state index contributed by atoms with van der Waals surface area (Å²) in [5, 5.41) is 3.71. The van der Waals surface area contributed by atoms with E-state index in [2.05, 4.69) is 19.9 Å². The van der Waals surface area contributed by atoms with Gasteiger partial charge in [0.25, 0.3) is 0 Å². The molecule has 0 unspecified atom stereocenters. The number of aldehydes is 1. The first-order valence-electron chi connectivity index (χ1n) is 6.83. The van der Waals surface area contributed by atoms with Crippen LogP contribution in [-0.4, -0.2) is 26.2 Å². The predicted molar refractivity (Wildman–Crippen MR) is 91.9 cm³/mol. The number of hydrogen-bond donors (Lipinski definition) is 0. The fraction of sp³-hybridized carbons (Fsp3) is 0.0625. The Morgan fingerprint density at radius 3 is 2.78 bits per heavy atom. The van der Waals surface area contributed by atoms with E-state index >= 15 is 0 Å². The standard InChI is InChI=1S/C16H10N4OS2/c1-9-15(23-16(19-9)10-5-17-8-18-6-10)12-4-14-11(2-3-22-14)13(7-21)20-12/h2-8H,1H3. The summed E-state index contributed by atoms with van der Waals surface area (Å²) < 4.78 is 1.05. The zero-order valence-corrected chi connectivity index (χ0v) is 13.7. The fourth-order valence-electron chi connectivity index (χ4n) is 2.36. The molecule has 4 heterocycles. The molecule has 5 nitrogen and oxygen atoms in total. The average Bonchev–Trinajstić information content (AvgIpc) is 3.21. The molecule has 0 fully saturated rings. The molecule has 0 atom stereocenters. The van der Waals surface area contributed by atoms with E-state index in [1.807, 2.05) is 24.4 Å². The Balaban J connectivity index is 1.88. The Morgan fingerprint density at radius 2 is 2.00 bits per heavy atom. The molecule has 4 aromatic rings. The van der Waals surface area contributed by atoms with Crippen molar-refractivity contribution in [1.82, 2.24) is 19.9 Å². The molecular formula is C16H10N4OS2. The highest BCUT2D eigenvalue weighted by atomic mass is 32.1. The number of nitrogens with zero attached hydrogens (tertiary/aromatic N) is 4. The van der Waals surface area contributed by atoms with Gasteiger partial charge in [-0.05, 0) is 24.4 Å². The van der Waals surface area contributed by atoms with Crippen LogP contribution in [0.25, 0.3) is 31.2 Å². The van der Waals surface area contributed by atoms with Crippen molar-refractivity contribution in [2.24, 2.45) is 0 Å². The topological polar surface area (TPSA) is 68.6 Å². The van der Waals surface area contributed by atoms with Crippen LogP contribution in [-0.2, 0) is 0 Å². The molecule has 0 saturated carbocycles. The summed E-state index contributed by atoms with van der Waals surface area (Å²) in [4.78, 5) is 29.4. The summed E-state index contributed by atoms with van der Waals surface area (Å²) >= 11 is 3.13. The Morgan fingerprint density at radius 1 is 1.17 bits per heavy atom. The number of rotatable bonds is 3. The second-order valence-electron chi connectivity index (χ2n) is 4.90. The third-order valence-electron chi connectivity index (χ3n) is 3.43. The number of hydrogen-bond acceptors (Lipinski definition) is 7. The number of carbonyl (C=O) groups is 1. The van der Waals surface area contributed by atoms with Gasteiger partial charge in [-0.1, -0.05) is 0 Å². The molecule has 0 spiro atoms. The Hall–Kier alpha value is -2.51. The van der Waals surface area contributed by atoms with Crippen molar-refractivity contribution in [2.45, 2.75) is 6.92 Å². The van der Waals surface area contributed by atoms with Crippen molar-refractivity contribution in [3.63, 3.8) is 0 Å². The van der Waals surface area contributed by atoms with Crippen LogP contribution in [0, 0.1) is 6.92 Å². The van der Waals surface area contributed by atoms with Crippen molar-refractivity contribution in [3.05, 3.63) is 47.6 Å². The number of pyridine rings is 1. The molecule has 7 heteroatoms. The van der Waals surface area contributed by atoms with Crippen molar-refractivity contribution >= 4 is 39.0 Å². The van der Waals surface area contributed by atoms with E-state index in [0.717, 1.165) is 43.2 Å². The van der Waals surface area contributed by atoms with Gasteiger partial charge >= 0.3 is 0 Å². The van der Waals surface area contributed by atoms with Gasteiger partial charge in [0, 0.05) is 28.0 Å². The minimum atomic E-state index is 0.469. The molecule has 4 aromatic heterocycles. The molecule has 0 bridgehead atoms. The van der Waals surface area contributed by atoms with Gasteiger partial charge in [0.2, 0.25) is 0 Å². The lowest BCUT2D eigenvalue weighted by atomic mass is 10.2. The van der Waals surface area contributed by atoms with Gasteiger partial charge in [0.05, 0.1) is 16.3 Å². The van der Waals surface area contributed by atoms with Gasteiger partial charge in [-0.3, -0.25) is 4.79 Å². The van der Waals surface area contributed by atoms with Crippen molar-refractivity contribution in [3.8, 4) is 21.1 Å². The zero-order chi connectivity index (χ0) is 15.8. The molecule has 0 aliphatic carbocycles. The van der Waals surface area contributed by atoms with Gasteiger partial charge in [0.1, 0.15) is 17.0 Å². The molecule has 112 valence electrons. The summed E-state index contributed by atoms with van der Waals surface area (Å²) in [6.07, 6.45) is 5.78. The van der Waals surface area contributed by atoms with E-state index in [9.17, 15) is 4.79 Å². The van der Waals surface area contributed by atoms with E-state index in [1.54, 1.807) is 23.7 Å². The molecule has 0 aliphatic heterocycles. The highest BCUT2D eigenvalue weighted by Gasteiger charge is 2.15. The fourth-order valence-corrected chi connectivity index (χ4v) is 4.20. The van der Waals surface area contributed by atoms with E-state index in [-0.39, 0.29) is 0 Å². The maximum atomic E-state index is 11.3. The monoisotopic (exact) mass is 338 g/mol. The van der Waals surface area contributed by atoms with E-state index in [4.69, 9.17) is 0 Å². The summed E-state index contributed by atoms with van der Waals surface area (Å²) in [5.41, 5.74) is 3.00. The van der Waals surface area contributed by atoms with E-state index in [0.29, 0.717) is 5.69 Å². The molecule has 23 heavy (non-hydrogen) atoms. The van der Waals surface area contributed by atoms with Gasteiger partial charge in [-0.25, -0.2) is 19.9 Å². The third-order valence-corrected chi connectivity index (χ3v) is 5.52. The highest BCUT2D eigenvalue weighted by molar-refractivity contribution is 7.19. The first-order valence-corrected chi connectivity index (χ1v) is 8.52. The summed E-state index contributed by atoms with van der Waals surface area (Å²) in [6.45, 7) is 1.94. The molecule has 0 N–H and O–H groups in total. The largest absolute Gasteiger partial charge is 0.296 e.